The van der Waals surface area contributed by atoms with Gasteiger partial charge in [-0.2, -0.15) is 0 Å². The molecule has 0 aromatic rings. The van der Waals surface area contributed by atoms with Crippen molar-refractivity contribution in [2.75, 3.05) is 13.2 Å². The Balaban J connectivity index is 1.67. The highest BCUT2D eigenvalue weighted by atomic mass is 16.7. The van der Waals surface area contributed by atoms with Gasteiger partial charge in [-0.25, -0.2) is 0 Å². The Hall–Kier alpha value is -0.930. The second-order valence-corrected chi connectivity index (χ2v) is 12.2. The van der Waals surface area contributed by atoms with Crippen LogP contribution in [0.2, 0.25) is 0 Å². The van der Waals surface area contributed by atoms with Crippen molar-refractivity contribution in [1.82, 2.24) is 0 Å². The van der Waals surface area contributed by atoms with Gasteiger partial charge in [0, 0.05) is 7.77 Å². The van der Waals surface area contributed by atoms with Gasteiger partial charge in [-0.05, 0) is 6.42 Å². The van der Waals surface area contributed by atoms with Crippen LogP contribution in [-0.2, 0) is 23.7 Å². The van der Waals surface area contributed by atoms with Crippen LogP contribution in [0.4, 0.5) is 0 Å². The summed E-state index contributed by atoms with van der Waals surface area (Å²) in [6.45, 7) is 0.783. The van der Waals surface area contributed by atoms with E-state index in [1.165, 1.54) is 77.0 Å². The summed E-state index contributed by atoms with van der Waals surface area (Å²) in [5.74, 6) is -0.954. The molecule has 44 heavy (non-hydrogen) atoms. The molecule has 260 valence electrons. The molecule has 11 atom stereocenters. The molecule has 0 spiro atoms. The Morgan fingerprint density at radius 2 is 1.09 bits per heavy atom. The lowest BCUT2D eigenvalue weighted by Crippen LogP contribution is -2.65. The fourth-order valence-electron chi connectivity index (χ4n) is 5.79. The Morgan fingerprint density at radius 1 is 0.614 bits per heavy atom. The highest BCUT2D eigenvalue weighted by Gasteiger charge is 2.51. The van der Waals surface area contributed by atoms with Crippen molar-refractivity contribution in [3.05, 3.63) is 0 Å². The number of esters is 1. The summed E-state index contributed by atoms with van der Waals surface area (Å²) < 4.78 is 29.5. The zero-order valence-corrected chi connectivity index (χ0v) is 26.5. The van der Waals surface area contributed by atoms with Crippen molar-refractivity contribution in [2.45, 2.75) is 184 Å². The Morgan fingerprint density at radius 3 is 1.57 bits per heavy atom. The maximum Gasteiger partial charge on any atom is 0.306 e. The molecular weight excluding hydrogens is 576 g/mol. The molecule has 0 aromatic carbocycles. The van der Waals surface area contributed by atoms with Crippen LogP contribution in [0.5, 0.6) is 0 Å². The van der Waals surface area contributed by atoms with Crippen molar-refractivity contribution in [1.29, 1.82) is 0 Å². The molecule has 2 aliphatic heterocycles. The van der Waals surface area contributed by atoms with Crippen LogP contribution < -0.4 is 0 Å². The summed E-state index contributed by atoms with van der Waals surface area (Å²) >= 11 is 0. The first-order chi connectivity index (χ1) is 21.7. The summed E-state index contributed by atoms with van der Waals surface area (Å²) in [7, 11) is 0. The molecule has 2 aliphatic rings. The summed E-state index contributed by atoms with van der Waals surface area (Å²) in [6.07, 6.45) is 2.16. The first-order valence-corrected chi connectivity index (χ1v) is 16.9. The first-order valence-electron chi connectivity index (χ1n) is 17.4. The van der Waals surface area contributed by atoms with E-state index in [0.717, 1.165) is 19.3 Å². The molecule has 7 N–H and O–H groups in total. The number of hydrogen-bond acceptors (Lipinski definition) is 12. The van der Waals surface area contributed by atoms with Crippen molar-refractivity contribution in [2.24, 2.45) is 0 Å². The fourth-order valence-corrected chi connectivity index (χ4v) is 5.79. The number of unbranched alkanes of at least 4 members (excludes halogenated alkanes) is 15. The lowest BCUT2D eigenvalue weighted by molar-refractivity contribution is -0.355. The van der Waals surface area contributed by atoms with E-state index in [1.54, 1.807) is 0 Å². The second kappa shape index (κ2) is 22.6. The number of ether oxygens (including phenoxy) is 4. The average Bonchev–Trinajstić information content (AvgIpc) is 3.03. The summed E-state index contributed by atoms with van der Waals surface area (Å²) in [4.78, 5) is 12.7. The number of aliphatic hydroxyl groups is 7. The third-order valence-electron chi connectivity index (χ3n) is 8.57. The van der Waals surface area contributed by atoms with E-state index in [1.807, 2.05) is 0 Å². The van der Waals surface area contributed by atoms with Gasteiger partial charge in [0.25, 0.3) is 0 Å². The van der Waals surface area contributed by atoms with Crippen LogP contribution >= 0.6 is 0 Å². The molecule has 0 radical (unpaired) electrons. The SMILES string of the molecule is [2H]C(CCCCCCCCCCCCCCCCCC)C(=O)O[C@H]1[C@H](O)[C@@H](CO)OC(O[C@H]2[C@H](O)[C@H](O)C(O)O[C@@H]2CO)[C@H]1O. The van der Waals surface area contributed by atoms with Crippen LogP contribution in [0.15, 0.2) is 0 Å². The van der Waals surface area contributed by atoms with E-state index < -0.39 is 87.0 Å². The summed E-state index contributed by atoms with van der Waals surface area (Å²) in [5, 5.41) is 70.7. The van der Waals surface area contributed by atoms with Gasteiger partial charge >= 0.3 is 5.97 Å². The average molecular weight is 638 g/mol. The number of aliphatic hydroxyl groups excluding tert-OH is 7. The van der Waals surface area contributed by atoms with Crippen LogP contribution in [0.25, 0.3) is 0 Å². The zero-order valence-electron chi connectivity index (χ0n) is 27.5. The van der Waals surface area contributed by atoms with Gasteiger partial charge < -0.3 is 54.7 Å². The van der Waals surface area contributed by atoms with Gasteiger partial charge in [0.15, 0.2) is 18.7 Å². The van der Waals surface area contributed by atoms with Crippen molar-refractivity contribution in [3.63, 3.8) is 0 Å². The number of carbonyl (C=O) groups is 1. The predicted molar refractivity (Wildman–Crippen MR) is 161 cm³/mol. The van der Waals surface area contributed by atoms with E-state index >= 15 is 0 Å². The molecule has 0 aliphatic carbocycles. The first kappa shape index (κ1) is 37.5. The molecule has 0 amide bonds. The lowest BCUT2D eigenvalue weighted by atomic mass is 9.97. The van der Waals surface area contributed by atoms with Gasteiger partial charge in [-0.15, -0.1) is 0 Å². The molecule has 0 bridgehead atoms. The molecular formula is C32H60O12. The molecule has 12 heteroatoms. The molecule has 3 unspecified atom stereocenters. The van der Waals surface area contributed by atoms with Crippen molar-refractivity contribution in [3.8, 4) is 0 Å². The smallest absolute Gasteiger partial charge is 0.306 e. The van der Waals surface area contributed by atoms with Crippen molar-refractivity contribution >= 4 is 5.97 Å². The maximum atomic E-state index is 12.7. The lowest BCUT2D eigenvalue weighted by Gasteiger charge is -2.45. The third-order valence-corrected chi connectivity index (χ3v) is 8.57. The quantitative estimate of drug-likeness (QED) is 0.0638. The minimum atomic E-state index is -1.81. The predicted octanol–water partition coefficient (Wildman–Crippen LogP) is 2.20. The Bertz CT molecular complexity index is 776. The molecule has 2 heterocycles. The molecule has 2 rings (SSSR count). The van der Waals surface area contributed by atoms with E-state index in [-0.39, 0.29) is 6.42 Å². The molecule has 2 fully saturated rings. The van der Waals surface area contributed by atoms with Gasteiger partial charge in [0.1, 0.15) is 42.7 Å². The zero-order chi connectivity index (χ0) is 33.2. The Kier molecular flexibility index (Phi) is 19.3. The van der Waals surface area contributed by atoms with Gasteiger partial charge in [-0.1, -0.05) is 110 Å². The van der Waals surface area contributed by atoms with Gasteiger partial charge in [0.05, 0.1) is 13.2 Å². The maximum absolute atomic E-state index is 12.7. The normalized spacial score (nSPS) is 33.6. The van der Waals surface area contributed by atoms with Gasteiger partial charge in [-0.3, -0.25) is 4.79 Å². The standard InChI is InChI=1S/C32H60O12/c1-2-3-4-5-6-7-8-9-10-11-12-13-14-15-16-17-18-19-24(35)43-30-25(36)22(20-33)42-32(28(30)39)44-29-23(21-34)41-31(40)27(38)26(29)37/h22-23,25-34,36-40H,2-21H2,1H3/t22-,23-,25-,26-,27+,28+,29-,30+,31?,32?/m1/s1/i19D/t19?,22-,23-,25-,26-,27+,28+,29-,30+,31?,32?. The minimum Gasteiger partial charge on any atom is -0.456 e. The van der Waals surface area contributed by atoms with E-state index in [2.05, 4.69) is 6.92 Å². The monoisotopic (exact) mass is 637 g/mol. The summed E-state index contributed by atoms with van der Waals surface area (Å²) in [6, 6.07) is 0. The molecule has 2 saturated heterocycles. The second-order valence-electron chi connectivity index (χ2n) is 12.2. The number of carbonyl (C=O) groups excluding carboxylic acids is 1. The fraction of sp³-hybridized carbons (Fsp3) is 0.969. The third kappa shape index (κ3) is 13.4. The highest BCUT2D eigenvalue weighted by molar-refractivity contribution is 5.69. The van der Waals surface area contributed by atoms with Gasteiger partial charge in [0.2, 0.25) is 0 Å². The molecule has 0 saturated carbocycles. The van der Waals surface area contributed by atoms with Crippen LogP contribution in [0.3, 0.4) is 0 Å². The highest BCUT2D eigenvalue weighted by Crippen LogP contribution is 2.30. The summed E-state index contributed by atoms with van der Waals surface area (Å²) in [5.41, 5.74) is 0. The number of hydrogen-bond donors (Lipinski definition) is 7. The van der Waals surface area contributed by atoms with E-state index in [0.29, 0.717) is 6.42 Å². The Labute approximate surface area is 264 Å². The largest absolute Gasteiger partial charge is 0.456 e. The van der Waals surface area contributed by atoms with Crippen LogP contribution in [0, 0.1) is 0 Å². The van der Waals surface area contributed by atoms with Crippen LogP contribution in [0.1, 0.15) is 124 Å². The van der Waals surface area contributed by atoms with E-state index in [9.17, 15) is 40.5 Å². The molecule has 0 aromatic heterocycles. The molecule has 12 nitrogen and oxygen atoms in total. The van der Waals surface area contributed by atoms with E-state index in [4.69, 9.17) is 20.3 Å². The van der Waals surface area contributed by atoms with Crippen LogP contribution in [-0.4, -0.2) is 116 Å². The number of rotatable bonds is 23. The van der Waals surface area contributed by atoms with Crippen molar-refractivity contribution < 1.29 is 60.9 Å². The minimum absolute atomic E-state index is 0.250. The topological polar surface area (TPSA) is 196 Å².